The zero-order chi connectivity index (χ0) is 20.3. The fourth-order valence-electron chi connectivity index (χ4n) is 3.02. The molecular formula is C21H25NO5S. The standard InChI is InChI=1S/C21H25NO5S/c1-6-25-21(23)15(20-22-18(12(2)3)13(4)28-20)9-14-10-16(24-5)19-17(11-14)26-7-8-27-19/h9-12H,6-8H2,1-5H3. The van der Waals surface area contributed by atoms with E-state index in [1.54, 1.807) is 20.1 Å². The molecule has 1 aliphatic heterocycles. The summed E-state index contributed by atoms with van der Waals surface area (Å²) in [6, 6.07) is 3.65. The van der Waals surface area contributed by atoms with Gasteiger partial charge in [-0.1, -0.05) is 13.8 Å². The van der Waals surface area contributed by atoms with Crippen molar-refractivity contribution in [3.63, 3.8) is 0 Å². The van der Waals surface area contributed by atoms with Crippen LogP contribution in [0.25, 0.3) is 11.6 Å². The molecule has 3 rings (SSSR count). The summed E-state index contributed by atoms with van der Waals surface area (Å²) >= 11 is 1.50. The highest BCUT2D eigenvalue weighted by molar-refractivity contribution is 7.13. The summed E-state index contributed by atoms with van der Waals surface area (Å²) in [5.41, 5.74) is 2.17. The Hall–Kier alpha value is -2.54. The topological polar surface area (TPSA) is 66.9 Å². The number of esters is 1. The van der Waals surface area contributed by atoms with E-state index in [4.69, 9.17) is 23.9 Å². The van der Waals surface area contributed by atoms with E-state index >= 15 is 0 Å². The zero-order valence-corrected chi connectivity index (χ0v) is 17.6. The quantitative estimate of drug-likeness (QED) is 0.524. The first-order chi connectivity index (χ1) is 13.4. The number of hydrogen-bond acceptors (Lipinski definition) is 7. The number of rotatable bonds is 6. The number of thiazole rings is 1. The molecule has 0 saturated carbocycles. The molecule has 6 nitrogen and oxygen atoms in total. The Morgan fingerprint density at radius 3 is 2.71 bits per heavy atom. The maximum Gasteiger partial charge on any atom is 0.341 e. The number of aromatic nitrogens is 1. The van der Waals surface area contributed by atoms with E-state index in [9.17, 15) is 4.79 Å². The molecule has 1 aromatic heterocycles. The Morgan fingerprint density at radius 2 is 2.07 bits per heavy atom. The second-order valence-electron chi connectivity index (χ2n) is 6.64. The van der Waals surface area contributed by atoms with E-state index in [0.29, 0.717) is 47.6 Å². The van der Waals surface area contributed by atoms with E-state index in [1.807, 2.05) is 19.1 Å². The monoisotopic (exact) mass is 403 g/mol. The van der Waals surface area contributed by atoms with Gasteiger partial charge in [0.25, 0.3) is 0 Å². The molecule has 0 atom stereocenters. The van der Waals surface area contributed by atoms with Gasteiger partial charge in [-0.05, 0) is 43.5 Å². The van der Waals surface area contributed by atoms with Crippen molar-refractivity contribution >= 4 is 29.0 Å². The third-order valence-corrected chi connectivity index (χ3v) is 5.29. The number of aryl methyl sites for hydroxylation is 1. The summed E-state index contributed by atoms with van der Waals surface area (Å²) in [6.07, 6.45) is 1.77. The van der Waals surface area contributed by atoms with Gasteiger partial charge in [0, 0.05) is 4.88 Å². The fourth-order valence-corrected chi connectivity index (χ4v) is 4.09. The smallest absolute Gasteiger partial charge is 0.341 e. The molecule has 2 aromatic rings. The van der Waals surface area contributed by atoms with Crippen molar-refractivity contribution in [1.29, 1.82) is 0 Å². The molecule has 0 radical (unpaired) electrons. The Bertz CT molecular complexity index is 883. The molecule has 28 heavy (non-hydrogen) atoms. The van der Waals surface area contributed by atoms with Crippen LogP contribution in [0.5, 0.6) is 17.2 Å². The maximum absolute atomic E-state index is 12.7. The number of methoxy groups -OCH3 is 1. The van der Waals surface area contributed by atoms with Crippen molar-refractivity contribution in [2.24, 2.45) is 0 Å². The highest BCUT2D eigenvalue weighted by atomic mass is 32.1. The van der Waals surface area contributed by atoms with Gasteiger partial charge in [-0.15, -0.1) is 11.3 Å². The molecule has 0 fully saturated rings. The largest absolute Gasteiger partial charge is 0.493 e. The van der Waals surface area contributed by atoms with Gasteiger partial charge in [0.1, 0.15) is 18.2 Å². The van der Waals surface area contributed by atoms with Crippen molar-refractivity contribution in [2.45, 2.75) is 33.6 Å². The minimum Gasteiger partial charge on any atom is -0.493 e. The van der Waals surface area contributed by atoms with Gasteiger partial charge in [0.2, 0.25) is 5.75 Å². The maximum atomic E-state index is 12.7. The summed E-state index contributed by atoms with van der Waals surface area (Å²) < 4.78 is 22.1. The summed E-state index contributed by atoms with van der Waals surface area (Å²) in [5.74, 6) is 1.61. The van der Waals surface area contributed by atoms with Crippen LogP contribution in [-0.4, -0.2) is 37.9 Å². The van der Waals surface area contributed by atoms with Crippen LogP contribution in [0.4, 0.5) is 0 Å². The SMILES string of the molecule is CCOC(=O)C(=Cc1cc(OC)c2c(c1)OCCO2)c1nc(C(C)C)c(C)s1. The minimum absolute atomic E-state index is 0.280. The predicted octanol–water partition coefficient (Wildman–Crippen LogP) is 4.46. The first-order valence-electron chi connectivity index (χ1n) is 9.28. The third-order valence-electron chi connectivity index (χ3n) is 4.27. The first kappa shape index (κ1) is 20.2. The molecule has 0 N–H and O–H groups in total. The van der Waals surface area contributed by atoms with Crippen LogP contribution in [-0.2, 0) is 9.53 Å². The van der Waals surface area contributed by atoms with E-state index in [-0.39, 0.29) is 5.92 Å². The van der Waals surface area contributed by atoms with Crippen LogP contribution in [0, 0.1) is 6.92 Å². The number of carbonyl (C=O) groups excluding carboxylic acids is 1. The molecule has 0 aliphatic carbocycles. The van der Waals surface area contributed by atoms with E-state index in [0.717, 1.165) is 16.1 Å². The molecule has 0 bridgehead atoms. The second-order valence-corrected chi connectivity index (χ2v) is 7.84. The lowest BCUT2D eigenvalue weighted by Gasteiger charge is -2.21. The van der Waals surface area contributed by atoms with Gasteiger partial charge in [0.05, 0.1) is 25.0 Å². The van der Waals surface area contributed by atoms with Crippen molar-refractivity contribution in [1.82, 2.24) is 4.98 Å². The van der Waals surface area contributed by atoms with Crippen LogP contribution in [0.2, 0.25) is 0 Å². The number of nitrogens with zero attached hydrogens (tertiary/aromatic N) is 1. The van der Waals surface area contributed by atoms with Crippen LogP contribution in [0.15, 0.2) is 12.1 Å². The number of benzene rings is 1. The Morgan fingerprint density at radius 1 is 1.32 bits per heavy atom. The molecule has 1 aliphatic rings. The van der Waals surface area contributed by atoms with Gasteiger partial charge < -0.3 is 18.9 Å². The van der Waals surface area contributed by atoms with Gasteiger partial charge in [-0.2, -0.15) is 0 Å². The molecule has 1 aromatic carbocycles. The number of fused-ring (bicyclic) bond motifs is 1. The molecule has 0 spiro atoms. The number of ether oxygens (including phenoxy) is 4. The fraction of sp³-hybridized carbons (Fsp3) is 0.429. The minimum atomic E-state index is -0.402. The first-order valence-corrected chi connectivity index (χ1v) is 10.1. The molecule has 0 unspecified atom stereocenters. The van der Waals surface area contributed by atoms with Gasteiger partial charge in [-0.3, -0.25) is 0 Å². The van der Waals surface area contributed by atoms with Gasteiger partial charge in [-0.25, -0.2) is 9.78 Å². The second kappa shape index (κ2) is 8.65. The van der Waals surface area contributed by atoms with Gasteiger partial charge in [0.15, 0.2) is 11.5 Å². The lowest BCUT2D eigenvalue weighted by molar-refractivity contribution is -0.136. The van der Waals surface area contributed by atoms with Crippen molar-refractivity contribution in [3.8, 4) is 17.2 Å². The molecule has 7 heteroatoms. The Labute approximate surface area is 169 Å². The van der Waals surface area contributed by atoms with E-state index in [1.165, 1.54) is 11.3 Å². The average Bonchev–Trinajstić information content (AvgIpc) is 3.07. The highest BCUT2D eigenvalue weighted by Crippen LogP contribution is 2.41. The van der Waals surface area contributed by atoms with Crippen LogP contribution in [0.1, 0.15) is 47.8 Å². The molecule has 150 valence electrons. The average molecular weight is 404 g/mol. The van der Waals surface area contributed by atoms with Crippen LogP contribution >= 0.6 is 11.3 Å². The Kier molecular flexibility index (Phi) is 6.24. The highest BCUT2D eigenvalue weighted by Gasteiger charge is 2.22. The third kappa shape index (κ3) is 4.14. The van der Waals surface area contributed by atoms with E-state index < -0.39 is 5.97 Å². The Balaban J connectivity index is 2.09. The van der Waals surface area contributed by atoms with Crippen molar-refractivity contribution < 1.29 is 23.7 Å². The normalized spacial score (nSPS) is 13.6. The van der Waals surface area contributed by atoms with Crippen LogP contribution in [0.3, 0.4) is 0 Å². The van der Waals surface area contributed by atoms with E-state index in [2.05, 4.69) is 13.8 Å². The summed E-state index contributed by atoms with van der Waals surface area (Å²) in [5, 5.41) is 0.647. The summed E-state index contributed by atoms with van der Waals surface area (Å²) in [4.78, 5) is 18.5. The van der Waals surface area contributed by atoms with Crippen LogP contribution < -0.4 is 14.2 Å². The molecule has 0 amide bonds. The lowest BCUT2D eigenvalue weighted by Crippen LogP contribution is -2.16. The van der Waals surface area contributed by atoms with Crippen molar-refractivity contribution in [3.05, 3.63) is 33.3 Å². The zero-order valence-electron chi connectivity index (χ0n) is 16.8. The summed E-state index contributed by atoms with van der Waals surface area (Å²) in [7, 11) is 1.58. The molecule has 0 saturated heterocycles. The molecule has 2 heterocycles. The molecular weight excluding hydrogens is 378 g/mol. The lowest BCUT2D eigenvalue weighted by atomic mass is 10.1. The summed E-state index contributed by atoms with van der Waals surface area (Å²) in [6.45, 7) is 9.22. The number of carbonyl (C=O) groups is 1. The number of hydrogen-bond donors (Lipinski definition) is 0. The predicted molar refractivity (Wildman–Crippen MR) is 109 cm³/mol. The van der Waals surface area contributed by atoms with Gasteiger partial charge >= 0.3 is 5.97 Å². The van der Waals surface area contributed by atoms with Crippen molar-refractivity contribution in [2.75, 3.05) is 26.9 Å².